The molecule has 0 amide bonds. The van der Waals surface area contributed by atoms with Crippen molar-refractivity contribution in [3.8, 4) is 0 Å². The molecule has 0 spiro atoms. The quantitative estimate of drug-likeness (QED) is 0.837. The zero-order chi connectivity index (χ0) is 15.6. The van der Waals surface area contributed by atoms with Gasteiger partial charge >= 0.3 is 0 Å². The van der Waals surface area contributed by atoms with Gasteiger partial charge in [-0.2, -0.15) is 9.61 Å². The average molecular weight is 312 g/mol. The second-order valence-electron chi connectivity index (χ2n) is 5.26. The summed E-state index contributed by atoms with van der Waals surface area (Å²) < 4.78 is 26.3. The smallest absolute Gasteiger partial charge is 0.215 e. The van der Waals surface area contributed by atoms with Crippen LogP contribution in [0.25, 0.3) is 5.65 Å². The van der Waals surface area contributed by atoms with Gasteiger partial charge < -0.3 is 5.32 Å². The number of sulfonamides is 1. The van der Waals surface area contributed by atoms with Crippen molar-refractivity contribution in [2.24, 2.45) is 0 Å². The van der Waals surface area contributed by atoms with Crippen LogP contribution in [0.1, 0.15) is 25.5 Å². The topological polar surface area (TPSA) is 92.5 Å². The zero-order valence-electron chi connectivity index (χ0n) is 12.6. The number of anilines is 1. The van der Waals surface area contributed by atoms with Crippen LogP contribution in [-0.4, -0.2) is 58.9 Å². The van der Waals surface area contributed by atoms with E-state index in [9.17, 15) is 8.42 Å². The maximum atomic E-state index is 11.7. The number of rotatable bonds is 6. The maximum absolute atomic E-state index is 11.7. The standard InChI is InChI=1S/C12H20N6O2S/c1-9(2)10-7-11(12-15-14-8-18(12)16-10)13-5-6-21(19,20)17(3)4/h7-9,13H,5-6H2,1-4H3. The Labute approximate surface area is 124 Å². The Morgan fingerprint density at radius 3 is 2.71 bits per heavy atom. The lowest BCUT2D eigenvalue weighted by Crippen LogP contribution is -2.28. The summed E-state index contributed by atoms with van der Waals surface area (Å²) in [5.74, 6) is 0.266. The predicted molar refractivity (Wildman–Crippen MR) is 80.8 cm³/mol. The highest BCUT2D eigenvalue weighted by Crippen LogP contribution is 2.19. The van der Waals surface area contributed by atoms with E-state index in [1.807, 2.05) is 19.9 Å². The van der Waals surface area contributed by atoms with E-state index in [-0.39, 0.29) is 11.7 Å². The lowest BCUT2D eigenvalue weighted by Gasteiger charge is -2.13. The Morgan fingerprint density at radius 2 is 2.10 bits per heavy atom. The molecule has 116 valence electrons. The summed E-state index contributed by atoms with van der Waals surface area (Å²) in [7, 11) is -0.176. The summed E-state index contributed by atoms with van der Waals surface area (Å²) in [6.07, 6.45) is 1.53. The Morgan fingerprint density at radius 1 is 1.38 bits per heavy atom. The maximum Gasteiger partial charge on any atom is 0.215 e. The average Bonchev–Trinajstić information content (AvgIpc) is 2.86. The summed E-state index contributed by atoms with van der Waals surface area (Å²) in [5.41, 5.74) is 2.21. The summed E-state index contributed by atoms with van der Waals surface area (Å²) in [5, 5.41) is 15.3. The molecule has 2 aromatic heterocycles. The summed E-state index contributed by atoms with van der Waals surface area (Å²) >= 11 is 0. The van der Waals surface area contributed by atoms with Gasteiger partial charge in [0.2, 0.25) is 15.7 Å². The molecule has 2 rings (SSSR count). The molecule has 0 aliphatic carbocycles. The first-order valence-corrected chi connectivity index (χ1v) is 8.27. The summed E-state index contributed by atoms with van der Waals surface area (Å²) in [4.78, 5) is 0. The fourth-order valence-electron chi connectivity index (χ4n) is 1.76. The van der Waals surface area contributed by atoms with Crippen molar-refractivity contribution in [2.45, 2.75) is 19.8 Å². The Kier molecular flexibility index (Phi) is 4.43. The van der Waals surface area contributed by atoms with Crippen LogP contribution >= 0.6 is 0 Å². The van der Waals surface area contributed by atoms with Crippen LogP contribution in [0.4, 0.5) is 5.69 Å². The molecule has 0 radical (unpaired) electrons. The molecule has 0 aromatic carbocycles. The van der Waals surface area contributed by atoms with E-state index < -0.39 is 10.0 Å². The van der Waals surface area contributed by atoms with Gasteiger partial charge in [0.1, 0.15) is 6.33 Å². The van der Waals surface area contributed by atoms with Gasteiger partial charge in [-0.05, 0) is 12.0 Å². The fraction of sp³-hybridized carbons (Fsp3) is 0.583. The molecular weight excluding hydrogens is 292 g/mol. The second-order valence-corrected chi connectivity index (χ2v) is 7.56. The molecule has 0 fully saturated rings. The molecule has 9 heteroatoms. The van der Waals surface area contributed by atoms with Crippen LogP contribution in [0, 0.1) is 0 Å². The number of hydrogen-bond acceptors (Lipinski definition) is 6. The van der Waals surface area contributed by atoms with Crippen LogP contribution in [0.2, 0.25) is 0 Å². The van der Waals surface area contributed by atoms with E-state index >= 15 is 0 Å². The third-order valence-corrected chi connectivity index (χ3v) is 4.94. The minimum atomic E-state index is -3.22. The van der Waals surface area contributed by atoms with Crippen molar-refractivity contribution in [1.82, 2.24) is 24.1 Å². The van der Waals surface area contributed by atoms with E-state index in [4.69, 9.17) is 0 Å². The van der Waals surface area contributed by atoms with E-state index in [1.165, 1.54) is 24.7 Å². The summed E-state index contributed by atoms with van der Waals surface area (Å²) in [6, 6.07) is 1.89. The molecular formula is C12H20N6O2S. The van der Waals surface area contributed by atoms with Crippen molar-refractivity contribution in [2.75, 3.05) is 31.7 Å². The Bertz CT molecular complexity index is 722. The van der Waals surface area contributed by atoms with Gasteiger partial charge in [0.25, 0.3) is 0 Å². The lowest BCUT2D eigenvalue weighted by atomic mass is 10.1. The first-order chi connectivity index (χ1) is 9.81. The third kappa shape index (κ3) is 3.48. The number of hydrogen-bond donors (Lipinski definition) is 1. The second kappa shape index (κ2) is 5.94. The first kappa shape index (κ1) is 15.6. The molecule has 8 nitrogen and oxygen atoms in total. The van der Waals surface area contributed by atoms with Gasteiger partial charge in [0.05, 0.1) is 17.1 Å². The van der Waals surface area contributed by atoms with Crippen LogP contribution < -0.4 is 5.32 Å². The normalized spacial score (nSPS) is 12.5. The molecule has 0 aliphatic rings. The van der Waals surface area contributed by atoms with Crippen LogP contribution in [-0.2, 0) is 10.0 Å². The molecule has 0 bridgehead atoms. The Balaban J connectivity index is 2.20. The highest BCUT2D eigenvalue weighted by Gasteiger charge is 2.14. The number of nitrogens with one attached hydrogen (secondary N) is 1. The number of nitrogens with zero attached hydrogens (tertiary/aromatic N) is 5. The van der Waals surface area contributed by atoms with Crippen molar-refractivity contribution < 1.29 is 8.42 Å². The van der Waals surface area contributed by atoms with Crippen LogP contribution in [0.5, 0.6) is 0 Å². The van der Waals surface area contributed by atoms with Crippen LogP contribution in [0.3, 0.4) is 0 Å². The highest BCUT2D eigenvalue weighted by molar-refractivity contribution is 7.89. The zero-order valence-corrected chi connectivity index (χ0v) is 13.4. The molecule has 0 atom stereocenters. The molecule has 2 heterocycles. The third-order valence-electron chi connectivity index (χ3n) is 3.11. The van der Waals surface area contributed by atoms with Crippen molar-refractivity contribution in [3.63, 3.8) is 0 Å². The number of aromatic nitrogens is 4. The van der Waals surface area contributed by atoms with Gasteiger partial charge in [0, 0.05) is 20.6 Å². The van der Waals surface area contributed by atoms with Crippen LogP contribution in [0.15, 0.2) is 12.4 Å². The van der Waals surface area contributed by atoms with E-state index in [1.54, 1.807) is 4.52 Å². The first-order valence-electron chi connectivity index (χ1n) is 6.66. The highest BCUT2D eigenvalue weighted by atomic mass is 32.2. The Hall–Kier alpha value is -1.74. The van der Waals surface area contributed by atoms with Crippen molar-refractivity contribution in [1.29, 1.82) is 0 Å². The fourth-order valence-corrected chi connectivity index (χ4v) is 2.48. The van der Waals surface area contributed by atoms with Gasteiger partial charge in [-0.3, -0.25) is 0 Å². The van der Waals surface area contributed by atoms with Gasteiger partial charge in [-0.15, -0.1) is 10.2 Å². The molecule has 0 aliphatic heterocycles. The molecule has 2 aromatic rings. The van der Waals surface area contributed by atoms with Gasteiger partial charge in [0.15, 0.2) is 0 Å². The minimum Gasteiger partial charge on any atom is -0.381 e. The predicted octanol–water partition coefficient (Wildman–Crippen LogP) is 0.551. The minimum absolute atomic E-state index is 0.0135. The van der Waals surface area contributed by atoms with Crippen molar-refractivity contribution >= 4 is 21.4 Å². The van der Waals surface area contributed by atoms with E-state index in [2.05, 4.69) is 20.6 Å². The molecule has 1 N–H and O–H groups in total. The molecule has 0 saturated carbocycles. The van der Waals surface area contributed by atoms with Crippen molar-refractivity contribution in [3.05, 3.63) is 18.1 Å². The number of fused-ring (bicyclic) bond motifs is 1. The monoisotopic (exact) mass is 312 g/mol. The van der Waals surface area contributed by atoms with Gasteiger partial charge in [-0.25, -0.2) is 12.7 Å². The SMILES string of the molecule is CC(C)c1cc(NCCS(=O)(=O)N(C)C)c2nncn2n1. The summed E-state index contributed by atoms with van der Waals surface area (Å²) in [6.45, 7) is 4.38. The lowest BCUT2D eigenvalue weighted by molar-refractivity contribution is 0.521. The molecule has 0 unspecified atom stereocenters. The van der Waals surface area contributed by atoms with Gasteiger partial charge in [-0.1, -0.05) is 13.8 Å². The largest absolute Gasteiger partial charge is 0.381 e. The van der Waals surface area contributed by atoms with E-state index in [0.717, 1.165) is 11.4 Å². The molecule has 21 heavy (non-hydrogen) atoms. The molecule has 0 saturated heterocycles. The van der Waals surface area contributed by atoms with E-state index in [0.29, 0.717) is 12.2 Å².